The Bertz CT molecular complexity index is 477. The van der Waals surface area contributed by atoms with E-state index in [9.17, 15) is 4.79 Å². The SMILES string of the molecule is N[C@@H](CC1C=CC(c2ccccc2)=CC1)C(=O)O. The van der Waals surface area contributed by atoms with Crippen LogP contribution in [0.15, 0.2) is 48.6 Å². The number of carboxylic acids is 1. The summed E-state index contributed by atoms with van der Waals surface area (Å²) in [5.74, 6) is -0.704. The molecular weight excluding hydrogens is 226 g/mol. The first-order valence-electron chi connectivity index (χ1n) is 6.09. The van der Waals surface area contributed by atoms with Crippen LogP contribution in [0.3, 0.4) is 0 Å². The van der Waals surface area contributed by atoms with Crippen molar-refractivity contribution < 1.29 is 9.90 Å². The van der Waals surface area contributed by atoms with Crippen LogP contribution in [0.25, 0.3) is 5.57 Å². The zero-order valence-corrected chi connectivity index (χ0v) is 10.1. The second-order valence-electron chi connectivity index (χ2n) is 4.56. The van der Waals surface area contributed by atoms with E-state index in [4.69, 9.17) is 10.8 Å². The van der Waals surface area contributed by atoms with E-state index in [1.807, 2.05) is 18.2 Å². The van der Waals surface area contributed by atoms with Crippen molar-refractivity contribution in [3.05, 3.63) is 54.1 Å². The van der Waals surface area contributed by atoms with Gasteiger partial charge in [-0.2, -0.15) is 0 Å². The number of hydrogen-bond acceptors (Lipinski definition) is 2. The summed E-state index contributed by atoms with van der Waals surface area (Å²) in [5, 5.41) is 8.78. The normalized spacial score (nSPS) is 20.3. The minimum Gasteiger partial charge on any atom is -0.480 e. The first-order chi connectivity index (χ1) is 8.66. The molecule has 1 unspecified atom stereocenters. The van der Waals surface area contributed by atoms with Crippen LogP contribution < -0.4 is 5.73 Å². The molecule has 0 fully saturated rings. The molecule has 0 saturated carbocycles. The van der Waals surface area contributed by atoms with E-state index >= 15 is 0 Å². The average molecular weight is 243 g/mol. The van der Waals surface area contributed by atoms with Gasteiger partial charge in [-0.05, 0) is 29.9 Å². The maximum atomic E-state index is 10.7. The van der Waals surface area contributed by atoms with Crippen molar-refractivity contribution in [1.29, 1.82) is 0 Å². The molecule has 0 spiro atoms. The van der Waals surface area contributed by atoms with Crippen molar-refractivity contribution in [1.82, 2.24) is 0 Å². The lowest BCUT2D eigenvalue weighted by atomic mass is 9.89. The van der Waals surface area contributed by atoms with E-state index in [0.717, 1.165) is 6.42 Å². The number of carbonyl (C=O) groups is 1. The average Bonchev–Trinajstić information content (AvgIpc) is 2.40. The summed E-state index contributed by atoms with van der Waals surface area (Å²) in [6, 6.07) is 9.38. The molecule has 0 amide bonds. The fourth-order valence-corrected chi connectivity index (χ4v) is 2.11. The molecule has 0 aliphatic heterocycles. The van der Waals surface area contributed by atoms with Gasteiger partial charge >= 0.3 is 5.97 Å². The summed E-state index contributed by atoms with van der Waals surface area (Å²) in [5.41, 5.74) is 7.92. The molecule has 3 N–H and O–H groups in total. The molecule has 1 aromatic carbocycles. The lowest BCUT2D eigenvalue weighted by Crippen LogP contribution is -2.32. The molecule has 0 saturated heterocycles. The second kappa shape index (κ2) is 5.65. The maximum absolute atomic E-state index is 10.7. The summed E-state index contributed by atoms with van der Waals surface area (Å²) < 4.78 is 0. The van der Waals surface area contributed by atoms with Crippen molar-refractivity contribution in [2.24, 2.45) is 11.7 Å². The molecule has 1 aliphatic carbocycles. The van der Waals surface area contributed by atoms with Gasteiger partial charge in [-0.1, -0.05) is 48.6 Å². The molecule has 0 bridgehead atoms. The third-order valence-electron chi connectivity index (χ3n) is 3.17. The molecular formula is C15H17NO2. The number of carboxylic acid groups (broad SMARTS) is 1. The summed E-state index contributed by atoms with van der Waals surface area (Å²) >= 11 is 0. The van der Waals surface area contributed by atoms with Crippen LogP contribution in [-0.4, -0.2) is 17.1 Å². The van der Waals surface area contributed by atoms with Gasteiger partial charge in [-0.15, -0.1) is 0 Å². The Morgan fingerprint density at radius 2 is 2.11 bits per heavy atom. The molecule has 18 heavy (non-hydrogen) atoms. The summed E-state index contributed by atoms with van der Waals surface area (Å²) in [6.45, 7) is 0. The first-order valence-corrected chi connectivity index (χ1v) is 6.09. The number of benzene rings is 1. The molecule has 2 rings (SSSR count). The zero-order chi connectivity index (χ0) is 13.0. The van der Waals surface area contributed by atoms with Crippen LogP contribution in [0.5, 0.6) is 0 Å². The predicted molar refractivity (Wildman–Crippen MR) is 71.9 cm³/mol. The van der Waals surface area contributed by atoms with Gasteiger partial charge in [0.2, 0.25) is 0 Å². The number of allylic oxidation sites excluding steroid dienone is 4. The van der Waals surface area contributed by atoms with Gasteiger partial charge in [0.25, 0.3) is 0 Å². The van der Waals surface area contributed by atoms with Crippen LogP contribution >= 0.6 is 0 Å². The molecule has 3 nitrogen and oxygen atoms in total. The van der Waals surface area contributed by atoms with Crippen molar-refractivity contribution in [2.45, 2.75) is 18.9 Å². The van der Waals surface area contributed by atoms with Gasteiger partial charge in [-0.25, -0.2) is 0 Å². The van der Waals surface area contributed by atoms with E-state index in [1.165, 1.54) is 11.1 Å². The highest BCUT2D eigenvalue weighted by Crippen LogP contribution is 2.26. The highest BCUT2D eigenvalue weighted by Gasteiger charge is 2.18. The van der Waals surface area contributed by atoms with E-state index in [1.54, 1.807) is 0 Å². The fourth-order valence-electron chi connectivity index (χ4n) is 2.11. The monoisotopic (exact) mass is 243 g/mol. The molecule has 0 aromatic heterocycles. The second-order valence-corrected chi connectivity index (χ2v) is 4.56. The molecule has 1 aliphatic rings. The summed E-state index contributed by atoms with van der Waals surface area (Å²) in [4.78, 5) is 10.7. The smallest absolute Gasteiger partial charge is 0.320 e. The quantitative estimate of drug-likeness (QED) is 0.853. The highest BCUT2D eigenvalue weighted by atomic mass is 16.4. The van der Waals surface area contributed by atoms with Crippen molar-refractivity contribution in [2.75, 3.05) is 0 Å². The van der Waals surface area contributed by atoms with E-state index < -0.39 is 12.0 Å². The number of hydrogen-bond donors (Lipinski definition) is 2. The number of aliphatic carboxylic acids is 1. The third-order valence-corrected chi connectivity index (χ3v) is 3.17. The van der Waals surface area contributed by atoms with Crippen LogP contribution in [-0.2, 0) is 4.79 Å². The van der Waals surface area contributed by atoms with E-state index in [0.29, 0.717) is 6.42 Å². The van der Waals surface area contributed by atoms with Gasteiger partial charge in [0.15, 0.2) is 0 Å². The molecule has 2 atom stereocenters. The van der Waals surface area contributed by atoms with E-state index in [2.05, 4.69) is 30.4 Å². The highest BCUT2D eigenvalue weighted by molar-refractivity contribution is 5.75. The Labute approximate surface area is 107 Å². The lowest BCUT2D eigenvalue weighted by molar-refractivity contribution is -0.138. The van der Waals surface area contributed by atoms with Gasteiger partial charge in [0.1, 0.15) is 6.04 Å². The largest absolute Gasteiger partial charge is 0.480 e. The van der Waals surface area contributed by atoms with Gasteiger partial charge in [0.05, 0.1) is 0 Å². The minimum absolute atomic E-state index is 0.226. The molecule has 1 aromatic rings. The third kappa shape index (κ3) is 3.08. The van der Waals surface area contributed by atoms with Gasteiger partial charge < -0.3 is 10.8 Å². The summed E-state index contributed by atoms with van der Waals surface area (Å²) in [6.07, 6.45) is 7.60. The standard InChI is InChI=1S/C15H17NO2/c16-14(15(17)18)10-11-6-8-13(9-7-11)12-4-2-1-3-5-12/h1-6,8-9,11,14H,7,10,16H2,(H,17,18)/t11?,14-/m0/s1. The van der Waals surface area contributed by atoms with Crippen LogP contribution in [0, 0.1) is 5.92 Å². The zero-order valence-electron chi connectivity index (χ0n) is 10.1. The van der Waals surface area contributed by atoms with Crippen LogP contribution in [0.2, 0.25) is 0 Å². The minimum atomic E-state index is -0.929. The molecule has 94 valence electrons. The Balaban J connectivity index is 1.97. The van der Waals surface area contributed by atoms with E-state index in [-0.39, 0.29) is 5.92 Å². The van der Waals surface area contributed by atoms with Gasteiger partial charge in [-0.3, -0.25) is 4.79 Å². The Kier molecular flexibility index (Phi) is 3.95. The number of nitrogens with two attached hydrogens (primary N) is 1. The molecule has 0 radical (unpaired) electrons. The topological polar surface area (TPSA) is 63.3 Å². The Hall–Kier alpha value is -1.87. The Morgan fingerprint density at radius 1 is 1.39 bits per heavy atom. The maximum Gasteiger partial charge on any atom is 0.320 e. The van der Waals surface area contributed by atoms with Gasteiger partial charge in [0, 0.05) is 0 Å². The lowest BCUT2D eigenvalue weighted by Gasteiger charge is -2.18. The Morgan fingerprint density at radius 3 is 2.67 bits per heavy atom. The van der Waals surface area contributed by atoms with Crippen LogP contribution in [0.1, 0.15) is 18.4 Å². The van der Waals surface area contributed by atoms with Crippen molar-refractivity contribution >= 4 is 11.5 Å². The fraction of sp³-hybridized carbons (Fsp3) is 0.267. The summed E-state index contributed by atoms with van der Waals surface area (Å²) in [7, 11) is 0. The van der Waals surface area contributed by atoms with Crippen molar-refractivity contribution in [3.63, 3.8) is 0 Å². The van der Waals surface area contributed by atoms with Crippen molar-refractivity contribution in [3.8, 4) is 0 Å². The number of rotatable bonds is 4. The first kappa shape index (κ1) is 12.6. The van der Waals surface area contributed by atoms with Crippen LogP contribution in [0.4, 0.5) is 0 Å². The predicted octanol–water partition coefficient (Wildman–Crippen LogP) is 2.45. The molecule has 3 heteroatoms. The molecule has 0 heterocycles.